The van der Waals surface area contributed by atoms with Gasteiger partial charge in [-0.1, -0.05) is 6.42 Å². The SMILES string of the molecule is CN1CCCC1CC1(C)CCCCN1. The summed E-state index contributed by atoms with van der Waals surface area (Å²) in [5.41, 5.74) is 0.432. The van der Waals surface area contributed by atoms with Gasteiger partial charge in [0.1, 0.15) is 0 Å². The first-order valence-corrected chi connectivity index (χ1v) is 6.15. The topological polar surface area (TPSA) is 15.3 Å². The van der Waals surface area contributed by atoms with Crippen LogP contribution in [0.1, 0.15) is 45.4 Å². The number of nitrogens with zero attached hydrogens (tertiary/aromatic N) is 1. The molecule has 2 unspecified atom stereocenters. The molecule has 0 spiro atoms. The fourth-order valence-corrected chi connectivity index (χ4v) is 3.05. The van der Waals surface area contributed by atoms with Crippen molar-refractivity contribution in [2.24, 2.45) is 0 Å². The third-order valence-electron chi connectivity index (χ3n) is 4.06. The lowest BCUT2D eigenvalue weighted by Crippen LogP contribution is -2.49. The van der Waals surface area contributed by atoms with Crippen LogP contribution in [0.5, 0.6) is 0 Å². The maximum atomic E-state index is 3.72. The molecule has 0 aromatic rings. The summed E-state index contributed by atoms with van der Waals surface area (Å²) in [7, 11) is 2.28. The Labute approximate surface area is 88.1 Å². The van der Waals surface area contributed by atoms with Gasteiger partial charge in [0.05, 0.1) is 0 Å². The molecule has 0 saturated carbocycles. The molecule has 0 bridgehead atoms. The molecule has 2 aliphatic heterocycles. The van der Waals surface area contributed by atoms with Gasteiger partial charge in [-0.3, -0.25) is 0 Å². The molecule has 2 nitrogen and oxygen atoms in total. The summed E-state index contributed by atoms with van der Waals surface area (Å²) in [5.74, 6) is 0. The maximum absolute atomic E-state index is 3.72. The van der Waals surface area contributed by atoms with Crippen molar-refractivity contribution in [2.75, 3.05) is 20.1 Å². The monoisotopic (exact) mass is 196 g/mol. The van der Waals surface area contributed by atoms with E-state index < -0.39 is 0 Å². The molecule has 2 saturated heterocycles. The Kier molecular flexibility index (Phi) is 3.13. The van der Waals surface area contributed by atoms with Crippen molar-refractivity contribution in [2.45, 2.75) is 57.0 Å². The zero-order valence-electron chi connectivity index (χ0n) is 9.68. The van der Waals surface area contributed by atoms with Crippen LogP contribution in [-0.4, -0.2) is 36.6 Å². The predicted octanol–water partition coefficient (Wildman–Crippen LogP) is 2.00. The van der Waals surface area contributed by atoms with Crippen LogP contribution in [0, 0.1) is 0 Å². The van der Waals surface area contributed by atoms with E-state index in [4.69, 9.17) is 0 Å². The third kappa shape index (κ3) is 2.29. The second kappa shape index (κ2) is 4.19. The van der Waals surface area contributed by atoms with Crippen LogP contribution < -0.4 is 5.32 Å². The zero-order chi connectivity index (χ0) is 10.0. The Balaban J connectivity index is 1.88. The molecule has 2 aliphatic rings. The first-order valence-electron chi connectivity index (χ1n) is 6.15. The average Bonchev–Trinajstić information content (AvgIpc) is 2.52. The van der Waals surface area contributed by atoms with E-state index in [-0.39, 0.29) is 0 Å². The van der Waals surface area contributed by atoms with Crippen molar-refractivity contribution in [3.05, 3.63) is 0 Å². The van der Waals surface area contributed by atoms with Gasteiger partial charge >= 0.3 is 0 Å². The van der Waals surface area contributed by atoms with E-state index in [0.717, 1.165) is 6.04 Å². The number of piperidine rings is 1. The molecular formula is C12H24N2. The first kappa shape index (κ1) is 10.4. The molecule has 0 aromatic carbocycles. The highest BCUT2D eigenvalue weighted by Crippen LogP contribution is 2.29. The number of rotatable bonds is 2. The molecule has 2 atom stereocenters. The number of hydrogen-bond donors (Lipinski definition) is 1. The largest absolute Gasteiger partial charge is 0.311 e. The highest BCUT2D eigenvalue weighted by Gasteiger charge is 2.32. The van der Waals surface area contributed by atoms with Crippen LogP contribution >= 0.6 is 0 Å². The predicted molar refractivity (Wildman–Crippen MR) is 60.5 cm³/mol. The molecule has 2 heteroatoms. The van der Waals surface area contributed by atoms with Gasteiger partial charge < -0.3 is 10.2 Å². The standard InChI is InChI=1S/C12H24N2/c1-12(7-3-4-8-13-12)10-11-6-5-9-14(11)2/h11,13H,3-10H2,1-2H3. The summed E-state index contributed by atoms with van der Waals surface area (Å²) in [5, 5.41) is 3.72. The van der Waals surface area contributed by atoms with E-state index in [0.29, 0.717) is 5.54 Å². The Morgan fingerprint density at radius 3 is 2.79 bits per heavy atom. The third-order valence-corrected chi connectivity index (χ3v) is 4.06. The fraction of sp³-hybridized carbons (Fsp3) is 1.00. The number of likely N-dealkylation sites (tertiary alicyclic amines) is 1. The number of nitrogens with one attached hydrogen (secondary N) is 1. The minimum absolute atomic E-state index is 0.432. The molecule has 0 aromatic heterocycles. The molecule has 0 aliphatic carbocycles. The Morgan fingerprint density at radius 2 is 2.21 bits per heavy atom. The van der Waals surface area contributed by atoms with Gasteiger partial charge in [-0.15, -0.1) is 0 Å². The average molecular weight is 196 g/mol. The van der Waals surface area contributed by atoms with Crippen molar-refractivity contribution in [3.8, 4) is 0 Å². The minimum atomic E-state index is 0.432. The van der Waals surface area contributed by atoms with Gasteiger partial charge in [-0.2, -0.15) is 0 Å². The summed E-state index contributed by atoms with van der Waals surface area (Å²) >= 11 is 0. The molecule has 0 amide bonds. The van der Waals surface area contributed by atoms with Crippen molar-refractivity contribution >= 4 is 0 Å². The summed E-state index contributed by atoms with van der Waals surface area (Å²) in [4.78, 5) is 2.54. The van der Waals surface area contributed by atoms with Crippen LogP contribution in [0.25, 0.3) is 0 Å². The Bertz CT molecular complexity index is 185. The Morgan fingerprint density at radius 1 is 1.36 bits per heavy atom. The van der Waals surface area contributed by atoms with E-state index in [1.54, 1.807) is 0 Å². The normalized spacial score (nSPS) is 40.3. The van der Waals surface area contributed by atoms with Gasteiger partial charge in [0.25, 0.3) is 0 Å². The van der Waals surface area contributed by atoms with E-state index in [2.05, 4.69) is 24.2 Å². The first-order chi connectivity index (χ1) is 6.70. The molecule has 14 heavy (non-hydrogen) atoms. The van der Waals surface area contributed by atoms with E-state index >= 15 is 0 Å². The van der Waals surface area contributed by atoms with Crippen molar-refractivity contribution in [1.29, 1.82) is 0 Å². The van der Waals surface area contributed by atoms with E-state index in [9.17, 15) is 0 Å². The fourth-order valence-electron chi connectivity index (χ4n) is 3.05. The lowest BCUT2D eigenvalue weighted by molar-refractivity contribution is 0.189. The molecule has 1 N–H and O–H groups in total. The van der Waals surface area contributed by atoms with Crippen LogP contribution in [0.4, 0.5) is 0 Å². The zero-order valence-corrected chi connectivity index (χ0v) is 9.68. The van der Waals surface area contributed by atoms with Crippen LogP contribution in [-0.2, 0) is 0 Å². The lowest BCUT2D eigenvalue weighted by Gasteiger charge is -2.38. The minimum Gasteiger partial charge on any atom is -0.311 e. The van der Waals surface area contributed by atoms with Crippen molar-refractivity contribution in [1.82, 2.24) is 10.2 Å². The van der Waals surface area contributed by atoms with Crippen molar-refractivity contribution < 1.29 is 0 Å². The number of hydrogen-bond acceptors (Lipinski definition) is 2. The molecule has 2 rings (SSSR count). The van der Waals surface area contributed by atoms with E-state index in [1.165, 1.54) is 51.6 Å². The summed E-state index contributed by atoms with van der Waals surface area (Å²) < 4.78 is 0. The maximum Gasteiger partial charge on any atom is 0.0168 e. The molecule has 82 valence electrons. The second-order valence-electron chi connectivity index (χ2n) is 5.43. The highest BCUT2D eigenvalue weighted by molar-refractivity contribution is 4.92. The summed E-state index contributed by atoms with van der Waals surface area (Å²) in [6.45, 7) is 4.95. The summed E-state index contributed by atoms with van der Waals surface area (Å²) in [6, 6.07) is 0.839. The molecule has 2 fully saturated rings. The highest BCUT2D eigenvalue weighted by atomic mass is 15.2. The molecule has 0 radical (unpaired) electrons. The van der Waals surface area contributed by atoms with Gasteiger partial charge in [-0.05, 0) is 59.2 Å². The molecular weight excluding hydrogens is 172 g/mol. The van der Waals surface area contributed by atoms with Crippen LogP contribution in [0.15, 0.2) is 0 Å². The van der Waals surface area contributed by atoms with Gasteiger partial charge in [-0.25, -0.2) is 0 Å². The van der Waals surface area contributed by atoms with E-state index in [1.807, 2.05) is 0 Å². The van der Waals surface area contributed by atoms with Crippen molar-refractivity contribution in [3.63, 3.8) is 0 Å². The van der Waals surface area contributed by atoms with Gasteiger partial charge in [0.15, 0.2) is 0 Å². The van der Waals surface area contributed by atoms with Gasteiger partial charge in [0, 0.05) is 11.6 Å². The van der Waals surface area contributed by atoms with Crippen LogP contribution in [0.3, 0.4) is 0 Å². The lowest BCUT2D eigenvalue weighted by atomic mass is 9.84. The quantitative estimate of drug-likeness (QED) is 0.727. The van der Waals surface area contributed by atoms with Gasteiger partial charge in [0.2, 0.25) is 0 Å². The Hall–Kier alpha value is -0.0800. The molecule has 2 heterocycles. The summed E-state index contributed by atoms with van der Waals surface area (Å²) in [6.07, 6.45) is 8.32. The smallest absolute Gasteiger partial charge is 0.0168 e. The second-order valence-corrected chi connectivity index (χ2v) is 5.43. The van der Waals surface area contributed by atoms with Crippen LogP contribution in [0.2, 0.25) is 0 Å².